The second-order valence-corrected chi connectivity index (χ2v) is 8.56. The zero-order valence-electron chi connectivity index (χ0n) is 16.9. The minimum Gasteiger partial charge on any atom is -0.378 e. The Balaban J connectivity index is 1.58. The van der Waals surface area contributed by atoms with Crippen LogP contribution in [0.5, 0.6) is 0 Å². The van der Waals surface area contributed by atoms with E-state index in [9.17, 15) is 9.59 Å². The number of benzene rings is 3. The Bertz CT molecular complexity index is 1080. The number of carbonyl (C=O) groups excluding carboxylic acids is 2. The van der Waals surface area contributed by atoms with Gasteiger partial charge in [0.25, 0.3) is 0 Å². The lowest BCUT2D eigenvalue weighted by atomic mass is 9.91. The number of nitrogens with zero attached hydrogens (tertiary/aromatic N) is 1. The molecule has 4 nitrogen and oxygen atoms in total. The largest absolute Gasteiger partial charge is 0.378 e. The monoisotopic (exact) mass is 462 g/mol. The van der Waals surface area contributed by atoms with Crippen molar-refractivity contribution in [1.82, 2.24) is 0 Å². The van der Waals surface area contributed by atoms with Crippen molar-refractivity contribution in [1.29, 1.82) is 0 Å². The van der Waals surface area contributed by atoms with Crippen molar-refractivity contribution < 1.29 is 9.59 Å². The second kappa shape index (κ2) is 8.44. The number of nitrogens with one attached hydrogen (secondary N) is 1. The Hall–Kier alpha value is -2.92. The van der Waals surface area contributed by atoms with E-state index in [0.717, 1.165) is 27.8 Å². The molecule has 5 heteroatoms. The summed E-state index contributed by atoms with van der Waals surface area (Å²) < 4.78 is 0.981. The van der Waals surface area contributed by atoms with E-state index < -0.39 is 0 Å². The topological polar surface area (TPSA) is 49.4 Å². The molecule has 30 heavy (non-hydrogen) atoms. The summed E-state index contributed by atoms with van der Waals surface area (Å²) in [4.78, 5) is 26.7. The van der Waals surface area contributed by atoms with E-state index >= 15 is 0 Å². The lowest BCUT2D eigenvalue weighted by Gasteiger charge is -2.39. The van der Waals surface area contributed by atoms with E-state index in [1.165, 1.54) is 0 Å². The summed E-state index contributed by atoms with van der Waals surface area (Å²) in [6.07, 6.45) is 0.799. The maximum atomic E-state index is 12.6. The highest BCUT2D eigenvalue weighted by atomic mass is 79.9. The third-order valence-corrected chi connectivity index (χ3v) is 6.00. The van der Waals surface area contributed by atoms with Crippen LogP contribution >= 0.6 is 15.9 Å². The van der Waals surface area contributed by atoms with Crippen molar-refractivity contribution in [3.05, 3.63) is 94.0 Å². The van der Waals surface area contributed by atoms with Crippen LogP contribution in [0.2, 0.25) is 0 Å². The molecule has 0 fully saturated rings. The molecule has 2 atom stereocenters. The van der Waals surface area contributed by atoms with Crippen LogP contribution in [0.1, 0.15) is 47.8 Å². The van der Waals surface area contributed by atoms with Gasteiger partial charge >= 0.3 is 0 Å². The molecule has 0 aromatic heterocycles. The normalized spacial score (nSPS) is 17.9. The first-order chi connectivity index (χ1) is 14.4. The molecule has 0 radical (unpaired) electrons. The Morgan fingerprint density at radius 2 is 1.63 bits per heavy atom. The molecule has 0 bridgehead atoms. The van der Waals surface area contributed by atoms with Gasteiger partial charge in [0.2, 0.25) is 5.91 Å². The first kappa shape index (κ1) is 20.4. The van der Waals surface area contributed by atoms with Gasteiger partial charge in [0.05, 0.1) is 6.04 Å². The molecule has 152 valence electrons. The van der Waals surface area contributed by atoms with E-state index in [1.54, 1.807) is 6.92 Å². The van der Waals surface area contributed by atoms with Crippen LogP contribution in [0.4, 0.5) is 11.4 Å². The summed E-state index contributed by atoms with van der Waals surface area (Å²) in [6.45, 7) is 3.68. The molecule has 1 aliphatic rings. The summed E-state index contributed by atoms with van der Waals surface area (Å²) in [5.74, 6) is 0.0631. The Kier molecular flexibility index (Phi) is 5.73. The van der Waals surface area contributed by atoms with E-state index in [0.29, 0.717) is 11.1 Å². The van der Waals surface area contributed by atoms with Gasteiger partial charge in [-0.25, -0.2) is 0 Å². The van der Waals surface area contributed by atoms with Gasteiger partial charge in [-0.1, -0.05) is 46.3 Å². The van der Waals surface area contributed by atoms with Gasteiger partial charge in [-0.05, 0) is 61.4 Å². The van der Waals surface area contributed by atoms with E-state index in [-0.39, 0.29) is 23.8 Å². The molecule has 1 amide bonds. The maximum absolute atomic E-state index is 12.6. The van der Waals surface area contributed by atoms with Crippen LogP contribution < -0.4 is 10.2 Å². The zero-order chi connectivity index (χ0) is 21.3. The molecule has 0 unspecified atom stereocenters. The quantitative estimate of drug-likeness (QED) is 0.485. The smallest absolute Gasteiger partial charge is 0.224 e. The molecule has 0 aliphatic carbocycles. The highest BCUT2D eigenvalue weighted by Gasteiger charge is 2.32. The fourth-order valence-corrected chi connectivity index (χ4v) is 4.51. The van der Waals surface area contributed by atoms with Gasteiger partial charge in [0.15, 0.2) is 5.78 Å². The van der Waals surface area contributed by atoms with Gasteiger partial charge in [-0.2, -0.15) is 0 Å². The van der Waals surface area contributed by atoms with E-state index in [2.05, 4.69) is 34.2 Å². The highest BCUT2D eigenvalue weighted by Crippen LogP contribution is 2.40. The number of hydrogen-bond donors (Lipinski definition) is 1. The molecular weight excluding hydrogens is 440 g/mol. The molecule has 4 rings (SSSR count). The van der Waals surface area contributed by atoms with Crippen LogP contribution in [0.3, 0.4) is 0 Å². The van der Waals surface area contributed by atoms with Crippen molar-refractivity contribution >= 4 is 39.0 Å². The van der Waals surface area contributed by atoms with Crippen LogP contribution in [-0.2, 0) is 4.79 Å². The predicted octanol–water partition coefficient (Wildman–Crippen LogP) is 5.98. The fraction of sp³-hybridized carbons (Fsp3) is 0.200. The standard InChI is InChI=1S/C25H23BrN2O2/c1-16-14-23(22-15-20(26)10-13-24(22)28(16)17(2)29)27-21-11-8-19(9-12-21)25(30)18-6-4-3-5-7-18/h3-13,15-16,23,27H,14H2,1-2H3/t16-,23-/m0/s1. The third-order valence-electron chi connectivity index (χ3n) is 5.51. The van der Waals surface area contributed by atoms with Crippen LogP contribution in [0, 0.1) is 0 Å². The van der Waals surface area contributed by atoms with Gasteiger partial charge in [-0.3, -0.25) is 9.59 Å². The minimum atomic E-state index is 0.0137. The maximum Gasteiger partial charge on any atom is 0.224 e. The Labute approximate surface area is 185 Å². The average Bonchev–Trinajstić information content (AvgIpc) is 2.74. The van der Waals surface area contributed by atoms with Crippen molar-refractivity contribution in [3.8, 4) is 0 Å². The molecule has 1 heterocycles. The number of hydrogen-bond acceptors (Lipinski definition) is 3. The zero-order valence-corrected chi connectivity index (χ0v) is 18.5. The highest BCUT2D eigenvalue weighted by molar-refractivity contribution is 9.10. The molecule has 1 aliphatic heterocycles. The molecule has 0 saturated heterocycles. The summed E-state index contributed by atoms with van der Waals surface area (Å²) in [5.41, 5.74) is 4.32. The van der Waals surface area contributed by atoms with Crippen LogP contribution in [0.25, 0.3) is 0 Å². The molecule has 0 saturated carbocycles. The van der Waals surface area contributed by atoms with Gasteiger partial charge in [0.1, 0.15) is 0 Å². The first-order valence-corrected chi connectivity index (χ1v) is 10.8. The third kappa shape index (κ3) is 4.03. The lowest BCUT2D eigenvalue weighted by Crippen LogP contribution is -2.43. The molecule has 0 spiro atoms. The average molecular weight is 463 g/mol. The Morgan fingerprint density at radius 3 is 2.30 bits per heavy atom. The predicted molar refractivity (Wildman–Crippen MR) is 124 cm³/mol. The van der Waals surface area contributed by atoms with Gasteiger partial charge in [-0.15, -0.1) is 0 Å². The SMILES string of the molecule is CC(=O)N1c2ccc(Br)cc2[C@@H](Nc2ccc(C(=O)c3ccccc3)cc2)C[C@@H]1C. The minimum absolute atomic E-state index is 0.0137. The molecule has 3 aromatic carbocycles. The molecule has 1 N–H and O–H groups in total. The first-order valence-electron chi connectivity index (χ1n) is 9.99. The number of anilines is 2. The summed E-state index contributed by atoms with van der Waals surface area (Å²) in [5, 5.41) is 3.59. The number of rotatable bonds is 4. The van der Waals surface area contributed by atoms with Crippen molar-refractivity contribution in [2.75, 3.05) is 10.2 Å². The van der Waals surface area contributed by atoms with Crippen molar-refractivity contribution in [2.45, 2.75) is 32.4 Å². The van der Waals surface area contributed by atoms with Crippen LogP contribution in [0.15, 0.2) is 77.3 Å². The second-order valence-electron chi connectivity index (χ2n) is 7.65. The fourth-order valence-electron chi connectivity index (χ4n) is 4.13. The number of carbonyl (C=O) groups is 2. The summed E-state index contributed by atoms with van der Waals surface area (Å²) in [6, 6.07) is 23.1. The number of halogens is 1. The van der Waals surface area contributed by atoms with Crippen molar-refractivity contribution in [2.24, 2.45) is 0 Å². The lowest BCUT2D eigenvalue weighted by molar-refractivity contribution is -0.117. The number of ketones is 1. The van der Waals surface area contributed by atoms with E-state index in [4.69, 9.17) is 0 Å². The number of amides is 1. The summed E-state index contributed by atoms with van der Waals surface area (Å²) >= 11 is 3.55. The molecular formula is C25H23BrN2O2. The van der Waals surface area contributed by atoms with Gasteiger partial charge < -0.3 is 10.2 Å². The van der Waals surface area contributed by atoms with Crippen LogP contribution in [-0.4, -0.2) is 17.7 Å². The Morgan fingerprint density at radius 1 is 0.967 bits per heavy atom. The van der Waals surface area contributed by atoms with Crippen molar-refractivity contribution in [3.63, 3.8) is 0 Å². The number of fused-ring (bicyclic) bond motifs is 1. The molecule has 3 aromatic rings. The summed E-state index contributed by atoms with van der Waals surface area (Å²) in [7, 11) is 0. The van der Waals surface area contributed by atoms with Gasteiger partial charge in [0, 0.05) is 39.9 Å². The van der Waals surface area contributed by atoms with E-state index in [1.807, 2.05) is 71.6 Å².